The van der Waals surface area contributed by atoms with Gasteiger partial charge >= 0.3 is 5.97 Å². The molecule has 1 aromatic heterocycles. The second kappa shape index (κ2) is 3.29. The zero-order chi connectivity index (χ0) is 12.0. The van der Waals surface area contributed by atoms with Crippen LogP contribution in [0.4, 0.5) is 4.39 Å². The van der Waals surface area contributed by atoms with Gasteiger partial charge < -0.3 is 9.72 Å². The van der Waals surface area contributed by atoms with Crippen molar-refractivity contribution in [3.63, 3.8) is 0 Å². The number of halogens is 1. The van der Waals surface area contributed by atoms with Gasteiger partial charge in [0, 0.05) is 0 Å². The quantitative estimate of drug-likeness (QED) is 0.807. The smallest absolute Gasteiger partial charge is 0.319 e. The number of rotatable bonds is 2. The number of esters is 1. The number of hydrogen-bond donors (Lipinski definition) is 1. The van der Waals surface area contributed by atoms with Crippen molar-refractivity contribution in [3.05, 3.63) is 29.8 Å². The molecule has 3 rings (SSSR count). The summed E-state index contributed by atoms with van der Waals surface area (Å²) in [4.78, 5) is 18.9. The summed E-state index contributed by atoms with van der Waals surface area (Å²) in [5.74, 6) is -0.188. The number of para-hydroxylation sites is 1. The van der Waals surface area contributed by atoms with Gasteiger partial charge in [-0.1, -0.05) is 6.07 Å². The number of imidazole rings is 1. The summed E-state index contributed by atoms with van der Waals surface area (Å²) in [6, 6.07) is 4.70. The number of aromatic amines is 1. The van der Waals surface area contributed by atoms with Crippen LogP contribution in [0, 0.1) is 5.82 Å². The molecule has 4 nitrogen and oxygen atoms in total. The number of ether oxygens (including phenoxy) is 1. The molecule has 0 unspecified atom stereocenters. The number of nitrogens with zero attached hydrogens (tertiary/aromatic N) is 1. The Morgan fingerprint density at radius 2 is 2.29 bits per heavy atom. The van der Waals surface area contributed by atoms with Gasteiger partial charge in [0.2, 0.25) is 0 Å². The highest BCUT2D eigenvalue weighted by atomic mass is 19.1. The first-order chi connectivity index (χ1) is 8.17. The molecule has 0 amide bonds. The molecular weight excluding hydrogens is 223 g/mol. The Labute approximate surface area is 96.8 Å². The Hall–Kier alpha value is -1.91. The third kappa shape index (κ3) is 1.35. The van der Waals surface area contributed by atoms with Gasteiger partial charge in [-0.2, -0.15) is 0 Å². The Morgan fingerprint density at radius 3 is 2.88 bits per heavy atom. The SMILES string of the molecule is COC(=O)C1(c2nc3c(F)cccc3[nH]2)CC1. The fourth-order valence-electron chi connectivity index (χ4n) is 2.08. The maximum absolute atomic E-state index is 13.5. The fourth-order valence-corrected chi connectivity index (χ4v) is 2.08. The van der Waals surface area contributed by atoms with Crippen molar-refractivity contribution in [1.82, 2.24) is 9.97 Å². The maximum Gasteiger partial charge on any atom is 0.319 e. The van der Waals surface area contributed by atoms with Crippen LogP contribution in [0.2, 0.25) is 0 Å². The van der Waals surface area contributed by atoms with E-state index in [1.54, 1.807) is 12.1 Å². The summed E-state index contributed by atoms with van der Waals surface area (Å²) in [7, 11) is 1.35. The average Bonchev–Trinajstić information content (AvgIpc) is 3.02. The van der Waals surface area contributed by atoms with Crippen molar-refractivity contribution in [3.8, 4) is 0 Å². The van der Waals surface area contributed by atoms with E-state index in [1.165, 1.54) is 13.2 Å². The molecule has 1 fully saturated rings. The van der Waals surface area contributed by atoms with Crippen LogP contribution in [0.25, 0.3) is 11.0 Å². The first-order valence-corrected chi connectivity index (χ1v) is 5.40. The molecule has 2 aromatic rings. The van der Waals surface area contributed by atoms with E-state index in [0.29, 0.717) is 24.2 Å². The molecule has 17 heavy (non-hydrogen) atoms. The second-order valence-corrected chi connectivity index (χ2v) is 4.30. The predicted octanol–water partition coefficient (Wildman–Crippen LogP) is 1.91. The van der Waals surface area contributed by atoms with Crippen molar-refractivity contribution in [2.75, 3.05) is 7.11 Å². The highest BCUT2D eigenvalue weighted by Gasteiger charge is 2.55. The number of fused-ring (bicyclic) bond motifs is 1. The number of carbonyl (C=O) groups excluding carboxylic acids is 1. The molecule has 0 saturated heterocycles. The van der Waals surface area contributed by atoms with E-state index in [0.717, 1.165) is 0 Å². The third-order valence-corrected chi connectivity index (χ3v) is 3.24. The van der Waals surface area contributed by atoms with Crippen molar-refractivity contribution in [2.24, 2.45) is 0 Å². The largest absolute Gasteiger partial charge is 0.468 e. The Morgan fingerprint density at radius 1 is 1.53 bits per heavy atom. The third-order valence-electron chi connectivity index (χ3n) is 3.24. The highest BCUT2D eigenvalue weighted by Crippen LogP contribution is 2.48. The van der Waals surface area contributed by atoms with Crippen LogP contribution in [0.15, 0.2) is 18.2 Å². The van der Waals surface area contributed by atoms with Crippen LogP contribution >= 0.6 is 0 Å². The molecule has 1 N–H and O–H groups in total. The minimum Gasteiger partial charge on any atom is -0.468 e. The van der Waals surface area contributed by atoms with Gasteiger partial charge in [-0.25, -0.2) is 9.37 Å². The van der Waals surface area contributed by atoms with Crippen LogP contribution in [0.1, 0.15) is 18.7 Å². The Balaban J connectivity index is 2.13. The zero-order valence-electron chi connectivity index (χ0n) is 9.29. The molecule has 1 aliphatic carbocycles. The number of hydrogen-bond acceptors (Lipinski definition) is 3. The first kappa shape index (κ1) is 10.3. The molecule has 88 valence electrons. The van der Waals surface area contributed by atoms with E-state index < -0.39 is 5.41 Å². The fraction of sp³-hybridized carbons (Fsp3) is 0.333. The topological polar surface area (TPSA) is 55.0 Å². The number of carbonyl (C=O) groups is 1. The van der Waals surface area contributed by atoms with Gasteiger partial charge in [0.1, 0.15) is 16.8 Å². The van der Waals surface area contributed by atoms with Crippen molar-refractivity contribution in [2.45, 2.75) is 18.3 Å². The number of H-pyrrole nitrogens is 1. The summed E-state index contributed by atoms with van der Waals surface area (Å²) in [6.45, 7) is 0. The van der Waals surface area contributed by atoms with Crippen LogP contribution < -0.4 is 0 Å². The van der Waals surface area contributed by atoms with Crippen LogP contribution in [-0.4, -0.2) is 23.0 Å². The number of benzene rings is 1. The Bertz CT molecular complexity index is 602. The zero-order valence-corrected chi connectivity index (χ0v) is 9.29. The summed E-state index contributed by atoms with van der Waals surface area (Å²) >= 11 is 0. The molecule has 1 aliphatic rings. The van der Waals surface area contributed by atoms with E-state index in [-0.39, 0.29) is 17.3 Å². The molecular formula is C12H11FN2O2. The number of nitrogens with one attached hydrogen (secondary N) is 1. The lowest BCUT2D eigenvalue weighted by atomic mass is 10.1. The normalized spacial score (nSPS) is 17.1. The molecule has 1 aromatic carbocycles. The summed E-state index contributed by atoms with van der Waals surface area (Å²) < 4.78 is 18.3. The van der Waals surface area contributed by atoms with Crippen LogP contribution in [0.3, 0.4) is 0 Å². The van der Waals surface area contributed by atoms with Crippen LogP contribution in [-0.2, 0) is 14.9 Å². The molecule has 0 radical (unpaired) electrons. The molecule has 1 saturated carbocycles. The van der Waals surface area contributed by atoms with Gasteiger partial charge in [-0.3, -0.25) is 4.79 Å². The van der Waals surface area contributed by atoms with E-state index >= 15 is 0 Å². The monoisotopic (exact) mass is 234 g/mol. The van der Waals surface area contributed by atoms with Gasteiger partial charge in [-0.15, -0.1) is 0 Å². The molecule has 0 bridgehead atoms. The lowest BCUT2D eigenvalue weighted by Gasteiger charge is -2.08. The minimum atomic E-state index is -0.680. The molecule has 1 heterocycles. The van der Waals surface area contributed by atoms with Gasteiger partial charge in [0.05, 0.1) is 12.6 Å². The van der Waals surface area contributed by atoms with E-state index in [1.807, 2.05) is 0 Å². The lowest BCUT2D eigenvalue weighted by Crippen LogP contribution is -2.23. The molecule has 0 aliphatic heterocycles. The van der Waals surface area contributed by atoms with Crippen molar-refractivity contribution >= 4 is 17.0 Å². The van der Waals surface area contributed by atoms with Crippen molar-refractivity contribution in [1.29, 1.82) is 0 Å². The summed E-state index contributed by atoms with van der Waals surface area (Å²) in [5, 5.41) is 0. The van der Waals surface area contributed by atoms with Crippen molar-refractivity contribution < 1.29 is 13.9 Å². The minimum absolute atomic E-state index is 0.276. The first-order valence-electron chi connectivity index (χ1n) is 5.40. The van der Waals surface area contributed by atoms with Gasteiger partial charge in [0.15, 0.2) is 5.82 Å². The van der Waals surface area contributed by atoms with Crippen LogP contribution in [0.5, 0.6) is 0 Å². The number of aromatic nitrogens is 2. The summed E-state index contributed by atoms with van der Waals surface area (Å²) in [6.07, 6.45) is 1.39. The lowest BCUT2D eigenvalue weighted by molar-refractivity contribution is -0.143. The van der Waals surface area contributed by atoms with Gasteiger partial charge in [0.25, 0.3) is 0 Å². The van der Waals surface area contributed by atoms with E-state index in [9.17, 15) is 9.18 Å². The average molecular weight is 234 g/mol. The Kier molecular flexibility index (Phi) is 1.98. The second-order valence-electron chi connectivity index (χ2n) is 4.30. The summed E-state index contributed by atoms with van der Waals surface area (Å²) in [5.41, 5.74) is 0.202. The standard InChI is InChI=1S/C12H11FN2O2/c1-17-11(16)12(5-6-12)10-14-8-4-2-3-7(13)9(8)15-10/h2-4H,5-6H2,1H3,(H,14,15). The van der Waals surface area contributed by atoms with E-state index in [4.69, 9.17) is 4.74 Å². The molecule has 0 atom stereocenters. The van der Waals surface area contributed by atoms with Gasteiger partial charge in [-0.05, 0) is 25.0 Å². The van der Waals surface area contributed by atoms with E-state index in [2.05, 4.69) is 9.97 Å². The maximum atomic E-state index is 13.5. The molecule has 0 spiro atoms. The molecule has 5 heteroatoms. The number of methoxy groups -OCH3 is 1. The predicted molar refractivity (Wildman–Crippen MR) is 59.0 cm³/mol. The highest BCUT2D eigenvalue weighted by molar-refractivity contribution is 5.87.